The van der Waals surface area contributed by atoms with Crippen LogP contribution in [-0.4, -0.2) is 17.7 Å². The van der Waals surface area contributed by atoms with Crippen molar-refractivity contribution in [2.75, 3.05) is 10.2 Å². The summed E-state index contributed by atoms with van der Waals surface area (Å²) in [4.78, 5) is 40.5. The average molecular weight is 412 g/mol. The molecule has 1 N–H and O–H groups in total. The lowest BCUT2D eigenvalue weighted by atomic mass is 9.63. The van der Waals surface area contributed by atoms with Crippen molar-refractivity contribution in [3.05, 3.63) is 71.3 Å². The van der Waals surface area contributed by atoms with E-state index in [0.29, 0.717) is 23.1 Å². The zero-order chi connectivity index (χ0) is 21.4. The second-order valence-electron chi connectivity index (χ2n) is 9.49. The van der Waals surface area contributed by atoms with Crippen molar-refractivity contribution in [3.8, 4) is 0 Å². The number of nitrogens with zero attached hydrogens (tertiary/aromatic N) is 1. The molecule has 5 aliphatic rings. The smallest absolute Gasteiger partial charge is 0.255 e. The second-order valence-corrected chi connectivity index (χ2v) is 9.49. The van der Waals surface area contributed by atoms with Crippen LogP contribution in [0.1, 0.15) is 27.9 Å². The molecule has 2 bridgehead atoms. The first-order valence-corrected chi connectivity index (χ1v) is 11.0. The van der Waals surface area contributed by atoms with E-state index in [9.17, 15) is 14.4 Å². The number of benzene rings is 2. The van der Waals surface area contributed by atoms with Gasteiger partial charge in [-0.1, -0.05) is 24.3 Å². The summed E-state index contributed by atoms with van der Waals surface area (Å²) >= 11 is 0. The minimum atomic E-state index is -0.213. The number of allylic oxidation sites excluding steroid dienone is 2. The SMILES string of the molecule is Cc1ccc(C)c(NC(=O)c2ccc(N3C(=O)[C@@H]4[C@@H]5C=C[C@H]([C@H]6C[C@H]56)[C@@H]4C3=O)cc2)c1. The Hall–Kier alpha value is -3.21. The van der Waals surface area contributed by atoms with Gasteiger partial charge in [0.05, 0.1) is 17.5 Å². The molecule has 1 heterocycles. The van der Waals surface area contributed by atoms with E-state index < -0.39 is 0 Å². The monoisotopic (exact) mass is 412 g/mol. The van der Waals surface area contributed by atoms with Gasteiger partial charge in [-0.2, -0.15) is 0 Å². The first kappa shape index (κ1) is 18.6. The van der Waals surface area contributed by atoms with E-state index >= 15 is 0 Å². The van der Waals surface area contributed by atoms with Crippen molar-refractivity contribution >= 4 is 29.1 Å². The van der Waals surface area contributed by atoms with Gasteiger partial charge in [-0.15, -0.1) is 0 Å². The van der Waals surface area contributed by atoms with Crippen LogP contribution in [0.2, 0.25) is 0 Å². The molecular weight excluding hydrogens is 388 g/mol. The largest absolute Gasteiger partial charge is 0.322 e. The molecule has 3 fully saturated rings. The van der Waals surface area contributed by atoms with Crippen molar-refractivity contribution < 1.29 is 14.4 Å². The number of rotatable bonds is 3. The van der Waals surface area contributed by atoms with Gasteiger partial charge in [0.15, 0.2) is 0 Å². The Morgan fingerprint density at radius 3 is 2.13 bits per heavy atom. The molecule has 5 heteroatoms. The van der Waals surface area contributed by atoms with Crippen LogP contribution in [0.5, 0.6) is 0 Å². The Morgan fingerprint density at radius 1 is 0.903 bits per heavy atom. The maximum atomic E-state index is 13.2. The molecule has 31 heavy (non-hydrogen) atoms. The van der Waals surface area contributed by atoms with E-state index in [-0.39, 0.29) is 41.4 Å². The van der Waals surface area contributed by atoms with Crippen LogP contribution in [-0.2, 0) is 9.59 Å². The molecule has 3 amide bonds. The molecule has 1 aliphatic heterocycles. The summed E-state index contributed by atoms with van der Waals surface area (Å²) in [5.41, 5.74) is 3.90. The number of nitrogens with one attached hydrogen (secondary N) is 1. The number of carbonyl (C=O) groups excluding carboxylic acids is 3. The molecule has 0 unspecified atom stereocenters. The van der Waals surface area contributed by atoms with Gasteiger partial charge in [0.2, 0.25) is 11.8 Å². The zero-order valence-electron chi connectivity index (χ0n) is 17.5. The molecule has 0 radical (unpaired) electrons. The normalized spacial score (nSPS) is 32.1. The van der Waals surface area contributed by atoms with Crippen molar-refractivity contribution in [2.45, 2.75) is 20.3 Å². The number of imide groups is 1. The van der Waals surface area contributed by atoms with Crippen molar-refractivity contribution in [2.24, 2.45) is 35.5 Å². The minimum absolute atomic E-state index is 0.0766. The van der Waals surface area contributed by atoms with Crippen LogP contribution in [0, 0.1) is 49.4 Å². The van der Waals surface area contributed by atoms with Gasteiger partial charge in [-0.05, 0) is 85.4 Å². The summed E-state index contributed by atoms with van der Waals surface area (Å²) in [6.45, 7) is 3.94. The lowest BCUT2D eigenvalue weighted by Crippen LogP contribution is -2.40. The quantitative estimate of drug-likeness (QED) is 0.609. The average Bonchev–Trinajstić information content (AvgIpc) is 3.54. The standard InChI is InChI=1S/C26H24N2O3/c1-13-3-4-14(2)21(11-13)27-24(29)15-5-7-16(8-6-15)28-25(30)22-17-9-10-18(20-12-19(17)20)23(22)26(28)31/h3-11,17-20,22-23H,12H2,1-2H3,(H,27,29)/t17-,18-,19-,20-,22-,23+/m1/s1. The minimum Gasteiger partial charge on any atom is -0.322 e. The van der Waals surface area contributed by atoms with Crippen LogP contribution in [0.15, 0.2) is 54.6 Å². The molecule has 5 nitrogen and oxygen atoms in total. The topological polar surface area (TPSA) is 66.5 Å². The number of aryl methyl sites for hydroxylation is 2. The molecule has 2 saturated carbocycles. The van der Waals surface area contributed by atoms with Crippen LogP contribution < -0.4 is 10.2 Å². The van der Waals surface area contributed by atoms with Crippen LogP contribution in [0.25, 0.3) is 0 Å². The Kier molecular flexibility index (Phi) is 3.83. The highest BCUT2D eigenvalue weighted by atomic mass is 16.2. The third-order valence-corrected chi connectivity index (χ3v) is 7.69. The Morgan fingerprint density at radius 2 is 1.52 bits per heavy atom. The third-order valence-electron chi connectivity index (χ3n) is 7.69. The van der Waals surface area contributed by atoms with Gasteiger partial charge in [0, 0.05) is 11.3 Å². The number of amides is 3. The maximum Gasteiger partial charge on any atom is 0.255 e. The van der Waals surface area contributed by atoms with Gasteiger partial charge in [0.25, 0.3) is 5.91 Å². The van der Waals surface area contributed by atoms with E-state index in [2.05, 4.69) is 17.5 Å². The zero-order valence-corrected chi connectivity index (χ0v) is 17.5. The maximum absolute atomic E-state index is 13.2. The van der Waals surface area contributed by atoms with Crippen molar-refractivity contribution in [3.63, 3.8) is 0 Å². The summed E-state index contributed by atoms with van der Waals surface area (Å²) in [6.07, 6.45) is 5.50. The lowest BCUT2D eigenvalue weighted by Gasteiger charge is -2.37. The molecule has 1 saturated heterocycles. The summed E-state index contributed by atoms with van der Waals surface area (Å²) in [6, 6.07) is 12.7. The Bertz CT molecular complexity index is 1130. The van der Waals surface area contributed by atoms with Crippen LogP contribution in [0.4, 0.5) is 11.4 Å². The van der Waals surface area contributed by atoms with E-state index in [1.807, 2.05) is 32.0 Å². The van der Waals surface area contributed by atoms with E-state index in [1.54, 1.807) is 24.3 Å². The fraction of sp³-hybridized carbons (Fsp3) is 0.346. The molecule has 156 valence electrons. The fourth-order valence-electron chi connectivity index (χ4n) is 6.04. The van der Waals surface area contributed by atoms with Crippen LogP contribution in [0.3, 0.4) is 0 Å². The summed E-state index contributed by atoms with van der Waals surface area (Å²) in [5, 5.41) is 2.95. The van der Waals surface area contributed by atoms with E-state index in [0.717, 1.165) is 23.2 Å². The van der Waals surface area contributed by atoms with Crippen LogP contribution >= 0.6 is 0 Å². The van der Waals surface area contributed by atoms with Gasteiger partial charge < -0.3 is 5.32 Å². The molecule has 0 spiro atoms. The highest BCUT2D eigenvalue weighted by molar-refractivity contribution is 6.22. The third kappa shape index (κ3) is 2.65. The predicted molar refractivity (Wildman–Crippen MR) is 118 cm³/mol. The highest BCUT2D eigenvalue weighted by Crippen LogP contribution is 2.65. The number of carbonyl (C=O) groups is 3. The summed E-state index contributed by atoms with van der Waals surface area (Å²) < 4.78 is 0. The summed E-state index contributed by atoms with van der Waals surface area (Å²) in [7, 11) is 0. The van der Waals surface area contributed by atoms with Gasteiger partial charge >= 0.3 is 0 Å². The predicted octanol–water partition coefficient (Wildman–Crippen LogP) is 4.11. The van der Waals surface area contributed by atoms with Gasteiger partial charge in [0.1, 0.15) is 0 Å². The Labute approximate surface area is 181 Å². The van der Waals surface area contributed by atoms with Crippen molar-refractivity contribution in [1.29, 1.82) is 0 Å². The molecule has 4 aliphatic carbocycles. The molecule has 2 aromatic carbocycles. The Balaban J connectivity index is 1.23. The lowest BCUT2D eigenvalue weighted by molar-refractivity contribution is -0.124. The fourth-order valence-corrected chi connectivity index (χ4v) is 6.04. The number of anilines is 2. The van der Waals surface area contributed by atoms with Gasteiger partial charge in [-0.25, -0.2) is 0 Å². The first-order valence-electron chi connectivity index (χ1n) is 11.0. The molecule has 2 aromatic rings. The summed E-state index contributed by atoms with van der Waals surface area (Å²) in [5.74, 6) is 0.813. The molecule has 7 rings (SSSR count). The van der Waals surface area contributed by atoms with Crippen molar-refractivity contribution in [1.82, 2.24) is 0 Å². The van der Waals surface area contributed by atoms with E-state index in [4.69, 9.17) is 0 Å². The number of hydrogen-bond donors (Lipinski definition) is 1. The molecule has 0 aromatic heterocycles. The highest BCUT2D eigenvalue weighted by Gasteiger charge is 2.67. The first-order chi connectivity index (χ1) is 14.9. The molecular formula is C26H24N2O3. The second kappa shape index (κ2) is 6.39. The van der Waals surface area contributed by atoms with Gasteiger partial charge in [-0.3, -0.25) is 19.3 Å². The number of hydrogen-bond acceptors (Lipinski definition) is 3. The molecule has 6 atom stereocenters. The van der Waals surface area contributed by atoms with E-state index in [1.165, 1.54) is 4.90 Å².